The van der Waals surface area contributed by atoms with Gasteiger partial charge in [-0.3, -0.25) is 0 Å². The van der Waals surface area contributed by atoms with Gasteiger partial charge < -0.3 is 20.4 Å². The summed E-state index contributed by atoms with van der Waals surface area (Å²) in [6, 6.07) is 2.67. The molecule has 0 saturated carbocycles. The molecule has 1 saturated heterocycles. The number of carboxylic acids is 1. The first-order valence-corrected chi connectivity index (χ1v) is 7.93. The third-order valence-corrected chi connectivity index (χ3v) is 4.28. The number of carboxylic acid groups (broad SMARTS) is 1. The molecule has 2 amide bonds. The van der Waals surface area contributed by atoms with Crippen molar-refractivity contribution in [3.8, 4) is 0 Å². The Balaban J connectivity index is 2.22. The van der Waals surface area contributed by atoms with Crippen molar-refractivity contribution < 1.29 is 19.8 Å². The molecule has 6 nitrogen and oxygen atoms in total. The van der Waals surface area contributed by atoms with E-state index < -0.39 is 18.1 Å². The SMILES string of the molecule is O=C(O)c1cc(Br)cc(Br)c1NC(=O)N1CCCC(O)C1. The predicted molar refractivity (Wildman–Crippen MR) is 84.6 cm³/mol. The minimum absolute atomic E-state index is 0.0119. The summed E-state index contributed by atoms with van der Waals surface area (Å²) in [7, 11) is 0. The Hall–Kier alpha value is -1.12. The Morgan fingerprint density at radius 3 is 2.67 bits per heavy atom. The second-order valence-corrected chi connectivity index (χ2v) is 6.56. The van der Waals surface area contributed by atoms with Crippen LogP contribution in [0.15, 0.2) is 21.1 Å². The van der Waals surface area contributed by atoms with Gasteiger partial charge in [-0.15, -0.1) is 0 Å². The summed E-state index contributed by atoms with van der Waals surface area (Å²) in [5.74, 6) is -1.13. The predicted octanol–water partition coefficient (Wildman–Crippen LogP) is 2.90. The van der Waals surface area contributed by atoms with Gasteiger partial charge in [0.25, 0.3) is 0 Å². The maximum atomic E-state index is 12.2. The number of nitrogens with zero attached hydrogens (tertiary/aromatic N) is 1. The minimum atomic E-state index is -1.13. The molecular formula is C13H14Br2N2O4. The summed E-state index contributed by atoms with van der Waals surface area (Å²) in [6.45, 7) is 0.793. The number of hydrogen-bond acceptors (Lipinski definition) is 3. The number of aliphatic hydroxyl groups is 1. The van der Waals surface area contributed by atoms with Crippen LogP contribution in [-0.4, -0.2) is 46.3 Å². The van der Waals surface area contributed by atoms with Crippen molar-refractivity contribution in [3.63, 3.8) is 0 Å². The molecule has 2 rings (SSSR count). The number of hydrogen-bond donors (Lipinski definition) is 3. The van der Waals surface area contributed by atoms with Crippen molar-refractivity contribution in [2.24, 2.45) is 0 Å². The zero-order chi connectivity index (χ0) is 15.6. The lowest BCUT2D eigenvalue weighted by molar-refractivity contribution is 0.0697. The monoisotopic (exact) mass is 420 g/mol. The van der Waals surface area contributed by atoms with Crippen molar-refractivity contribution in [1.29, 1.82) is 0 Å². The average Bonchev–Trinajstić information content (AvgIpc) is 2.41. The molecule has 1 aromatic carbocycles. The molecule has 1 aliphatic rings. The Bertz CT molecular complexity index is 580. The number of β-amino-alcohol motifs (C(OH)–C–C–N with tert-alkyl or cyclic N) is 1. The van der Waals surface area contributed by atoms with Crippen LogP contribution in [0.4, 0.5) is 10.5 Å². The highest BCUT2D eigenvalue weighted by atomic mass is 79.9. The third-order valence-electron chi connectivity index (χ3n) is 3.20. The van der Waals surface area contributed by atoms with Crippen molar-refractivity contribution >= 4 is 49.5 Å². The van der Waals surface area contributed by atoms with E-state index in [4.69, 9.17) is 0 Å². The van der Waals surface area contributed by atoms with Gasteiger partial charge in [0.1, 0.15) is 0 Å². The molecule has 1 aliphatic heterocycles. The summed E-state index contributed by atoms with van der Waals surface area (Å²) in [5, 5.41) is 21.4. The fraction of sp³-hybridized carbons (Fsp3) is 0.385. The largest absolute Gasteiger partial charge is 0.478 e. The molecule has 0 bridgehead atoms. The molecule has 1 unspecified atom stereocenters. The topological polar surface area (TPSA) is 89.9 Å². The second kappa shape index (κ2) is 6.76. The van der Waals surface area contributed by atoms with E-state index in [1.807, 2.05) is 0 Å². The molecule has 0 radical (unpaired) electrons. The number of anilines is 1. The van der Waals surface area contributed by atoms with Crippen LogP contribution in [0, 0.1) is 0 Å². The summed E-state index contributed by atoms with van der Waals surface area (Å²) < 4.78 is 1.07. The van der Waals surface area contributed by atoms with Crippen molar-refractivity contribution in [3.05, 3.63) is 26.6 Å². The van der Waals surface area contributed by atoms with Crippen LogP contribution in [-0.2, 0) is 0 Å². The number of halogens is 2. The number of rotatable bonds is 2. The van der Waals surface area contributed by atoms with E-state index in [2.05, 4.69) is 37.2 Å². The zero-order valence-corrected chi connectivity index (χ0v) is 14.1. The van der Waals surface area contributed by atoms with E-state index >= 15 is 0 Å². The molecule has 21 heavy (non-hydrogen) atoms. The van der Waals surface area contributed by atoms with Crippen LogP contribution in [0.5, 0.6) is 0 Å². The van der Waals surface area contributed by atoms with E-state index in [1.165, 1.54) is 11.0 Å². The lowest BCUT2D eigenvalue weighted by Crippen LogP contribution is -2.44. The van der Waals surface area contributed by atoms with Gasteiger partial charge in [-0.1, -0.05) is 15.9 Å². The van der Waals surface area contributed by atoms with Crippen molar-refractivity contribution in [2.45, 2.75) is 18.9 Å². The molecule has 114 valence electrons. The fourth-order valence-electron chi connectivity index (χ4n) is 2.19. The van der Waals surface area contributed by atoms with Crippen molar-refractivity contribution in [1.82, 2.24) is 4.90 Å². The highest BCUT2D eigenvalue weighted by Crippen LogP contribution is 2.31. The summed E-state index contributed by atoms with van der Waals surface area (Å²) in [5.41, 5.74) is 0.193. The fourth-order valence-corrected chi connectivity index (χ4v) is 3.52. The Morgan fingerprint density at radius 2 is 2.05 bits per heavy atom. The lowest BCUT2D eigenvalue weighted by atomic mass is 10.1. The molecular weight excluding hydrogens is 408 g/mol. The number of aliphatic hydroxyl groups excluding tert-OH is 1. The highest BCUT2D eigenvalue weighted by Gasteiger charge is 2.24. The Kier molecular flexibility index (Phi) is 5.23. The molecule has 0 spiro atoms. The maximum absolute atomic E-state index is 12.2. The number of nitrogens with one attached hydrogen (secondary N) is 1. The number of aromatic carboxylic acids is 1. The van der Waals surface area contributed by atoms with Gasteiger partial charge in [0.05, 0.1) is 17.4 Å². The first kappa shape index (κ1) is 16.3. The van der Waals surface area contributed by atoms with Crippen LogP contribution >= 0.6 is 31.9 Å². The smallest absolute Gasteiger partial charge is 0.337 e. The van der Waals surface area contributed by atoms with Crippen LogP contribution < -0.4 is 5.32 Å². The first-order chi connectivity index (χ1) is 9.88. The van der Waals surface area contributed by atoms with Gasteiger partial charge in [0, 0.05) is 22.0 Å². The molecule has 0 aliphatic carbocycles. The zero-order valence-electron chi connectivity index (χ0n) is 11.0. The number of piperidine rings is 1. The average molecular weight is 422 g/mol. The van der Waals surface area contributed by atoms with Gasteiger partial charge in [0.15, 0.2) is 0 Å². The van der Waals surface area contributed by atoms with Crippen LogP contribution in [0.2, 0.25) is 0 Å². The number of urea groups is 1. The molecule has 1 atom stereocenters. The number of amides is 2. The molecule has 1 fully saturated rings. The van der Waals surface area contributed by atoms with E-state index in [0.29, 0.717) is 21.9 Å². The highest BCUT2D eigenvalue weighted by molar-refractivity contribution is 9.11. The summed E-state index contributed by atoms with van der Waals surface area (Å²) in [4.78, 5) is 25.0. The normalized spacial score (nSPS) is 18.4. The van der Waals surface area contributed by atoms with E-state index in [1.54, 1.807) is 6.07 Å². The number of carbonyl (C=O) groups is 2. The number of carbonyl (C=O) groups excluding carboxylic acids is 1. The van der Waals surface area contributed by atoms with E-state index in [0.717, 1.165) is 6.42 Å². The lowest BCUT2D eigenvalue weighted by Gasteiger charge is -2.30. The molecule has 1 aromatic rings. The molecule has 3 N–H and O–H groups in total. The van der Waals surface area contributed by atoms with E-state index in [-0.39, 0.29) is 17.8 Å². The van der Waals surface area contributed by atoms with Gasteiger partial charge in [-0.25, -0.2) is 9.59 Å². The van der Waals surface area contributed by atoms with Gasteiger partial charge in [0.2, 0.25) is 0 Å². The summed E-state index contributed by atoms with van der Waals surface area (Å²) >= 11 is 6.47. The third kappa shape index (κ3) is 3.96. The minimum Gasteiger partial charge on any atom is -0.478 e. The van der Waals surface area contributed by atoms with E-state index in [9.17, 15) is 19.8 Å². The second-order valence-electron chi connectivity index (χ2n) is 4.79. The van der Waals surface area contributed by atoms with Crippen LogP contribution in [0.1, 0.15) is 23.2 Å². The Labute approximate surface area is 138 Å². The van der Waals surface area contributed by atoms with Crippen LogP contribution in [0.25, 0.3) is 0 Å². The summed E-state index contributed by atoms with van der Waals surface area (Å²) in [6.07, 6.45) is 0.866. The Morgan fingerprint density at radius 1 is 1.33 bits per heavy atom. The quantitative estimate of drug-likeness (QED) is 0.684. The molecule has 8 heteroatoms. The maximum Gasteiger partial charge on any atom is 0.337 e. The van der Waals surface area contributed by atoms with Gasteiger partial charge >= 0.3 is 12.0 Å². The van der Waals surface area contributed by atoms with Crippen LogP contribution in [0.3, 0.4) is 0 Å². The van der Waals surface area contributed by atoms with Gasteiger partial charge in [-0.2, -0.15) is 0 Å². The van der Waals surface area contributed by atoms with Crippen molar-refractivity contribution in [2.75, 3.05) is 18.4 Å². The van der Waals surface area contributed by atoms with Gasteiger partial charge in [-0.05, 0) is 40.9 Å². The molecule has 0 aromatic heterocycles. The number of likely N-dealkylation sites (tertiary alicyclic amines) is 1. The standard InChI is InChI=1S/C13H14Br2N2O4/c14-7-4-9(12(19)20)11(10(15)5-7)16-13(21)17-3-1-2-8(18)6-17/h4-5,8,18H,1-3,6H2,(H,16,21)(H,19,20). The molecule has 1 heterocycles. The number of benzene rings is 1. The first-order valence-electron chi connectivity index (χ1n) is 6.35.